The fourth-order valence-electron chi connectivity index (χ4n) is 0.993. The molecule has 7 heteroatoms. The first kappa shape index (κ1) is 13.4. The van der Waals surface area contributed by atoms with Gasteiger partial charge in [-0.3, -0.25) is 0 Å². The van der Waals surface area contributed by atoms with E-state index in [1.807, 2.05) is 0 Å². The zero-order valence-corrected chi connectivity index (χ0v) is 9.09. The van der Waals surface area contributed by atoms with Crippen LogP contribution in [0.2, 0.25) is 0 Å². The molecule has 1 N–H and O–H groups in total. The molecular formula is C10H7F3O3S. The van der Waals surface area contributed by atoms with Gasteiger partial charge in [0.05, 0.1) is 5.56 Å². The van der Waals surface area contributed by atoms with Crippen molar-refractivity contribution < 1.29 is 27.3 Å². The molecule has 0 fully saturated rings. The minimum Gasteiger partial charge on any atom is -0.478 e. The number of rotatable bonds is 3. The first-order chi connectivity index (χ1) is 7.80. The smallest absolute Gasteiger partial charge is 0.475 e. The highest BCUT2D eigenvalue weighted by Gasteiger charge is 2.34. The van der Waals surface area contributed by atoms with Crippen LogP contribution < -0.4 is 0 Å². The van der Waals surface area contributed by atoms with Crippen LogP contribution in [0.25, 0.3) is 6.08 Å². The summed E-state index contributed by atoms with van der Waals surface area (Å²) in [4.78, 5) is 10.6. The van der Waals surface area contributed by atoms with Gasteiger partial charge in [0.15, 0.2) is 10.8 Å². The lowest BCUT2D eigenvalue weighted by molar-refractivity contribution is -0.0374. The van der Waals surface area contributed by atoms with Gasteiger partial charge in [-0.15, -0.1) is 0 Å². The van der Waals surface area contributed by atoms with Crippen molar-refractivity contribution in [2.24, 2.45) is 0 Å². The summed E-state index contributed by atoms with van der Waals surface area (Å²) in [5.41, 5.74) is -4.62. The maximum Gasteiger partial charge on any atom is 0.475 e. The molecule has 0 aliphatic rings. The Kier molecular flexibility index (Phi) is 4.06. The molecule has 3 nitrogen and oxygen atoms in total. The zero-order chi connectivity index (χ0) is 13.1. The van der Waals surface area contributed by atoms with E-state index in [2.05, 4.69) is 0 Å². The van der Waals surface area contributed by atoms with Crippen molar-refractivity contribution in [3.8, 4) is 0 Å². The Morgan fingerprint density at radius 1 is 1.35 bits per heavy atom. The Bertz CT molecular complexity index is 480. The van der Waals surface area contributed by atoms with Crippen molar-refractivity contribution in [2.75, 3.05) is 0 Å². The Balaban J connectivity index is 2.89. The predicted molar refractivity (Wildman–Crippen MR) is 56.6 cm³/mol. The van der Waals surface area contributed by atoms with Gasteiger partial charge >= 0.3 is 11.5 Å². The van der Waals surface area contributed by atoms with Gasteiger partial charge in [0, 0.05) is 5.41 Å². The van der Waals surface area contributed by atoms with Gasteiger partial charge in [-0.25, -0.2) is 9.00 Å². The third kappa shape index (κ3) is 4.03. The normalized spacial score (nSPS) is 13.8. The molecule has 0 spiro atoms. The van der Waals surface area contributed by atoms with Gasteiger partial charge in [-0.2, -0.15) is 13.2 Å². The molecule has 17 heavy (non-hydrogen) atoms. The summed E-state index contributed by atoms with van der Waals surface area (Å²) in [5.74, 6) is -1.18. The van der Waals surface area contributed by atoms with Crippen LogP contribution >= 0.6 is 0 Å². The fourth-order valence-corrected chi connectivity index (χ4v) is 1.43. The molecule has 0 amide bonds. The summed E-state index contributed by atoms with van der Waals surface area (Å²) in [7, 11) is -3.08. The molecule has 0 heterocycles. The molecule has 0 aromatic heterocycles. The molecule has 1 aromatic rings. The van der Waals surface area contributed by atoms with Crippen molar-refractivity contribution in [2.45, 2.75) is 5.51 Å². The lowest BCUT2D eigenvalue weighted by Crippen LogP contribution is -2.13. The lowest BCUT2D eigenvalue weighted by Gasteiger charge is -2.00. The predicted octanol–water partition coefficient (Wildman–Crippen LogP) is 2.62. The van der Waals surface area contributed by atoms with E-state index < -0.39 is 22.3 Å². The zero-order valence-electron chi connectivity index (χ0n) is 8.27. The molecule has 0 aliphatic carbocycles. The van der Waals surface area contributed by atoms with E-state index in [0.29, 0.717) is 5.41 Å². The Hall–Kier alpha value is -1.63. The van der Waals surface area contributed by atoms with Crippen molar-refractivity contribution in [3.63, 3.8) is 0 Å². The van der Waals surface area contributed by atoms with Crippen molar-refractivity contribution in [1.29, 1.82) is 0 Å². The topological polar surface area (TPSA) is 54.4 Å². The molecular weight excluding hydrogens is 257 g/mol. The standard InChI is InChI=1S/C10H7F3O3S/c11-10(12,13)17(16)5-4-7-2-1-3-8(6-7)9(14)15/h1-6H,(H,14,15)/b5-4+. The maximum atomic E-state index is 11.9. The third-order valence-corrected chi connectivity index (χ3v) is 2.59. The van der Waals surface area contributed by atoms with E-state index in [1.165, 1.54) is 24.3 Å². The molecule has 0 aliphatic heterocycles. The first-order valence-electron chi connectivity index (χ1n) is 4.29. The van der Waals surface area contributed by atoms with E-state index in [0.717, 1.165) is 6.08 Å². The maximum absolute atomic E-state index is 11.9. The van der Waals surface area contributed by atoms with E-state index in [9.17, 15) is 22.2 Å². The number of carbonyl (C=O) groups is 1. The number of benzene rings is 1. The summed E-state index contributed by atoms with van der Waals surface area (Å²) >= 11 is 0. The monoisotopic (exact) mass is 264 g/mol. The number of hydrogen-bond acceptors (Lipinski definition) is 2. The van der Waals surface area contributed by atoms with Gasteiger partial charge in [-0.1, -0.05) is 12.1 Å². The number of hydrogen-bond donors (Lipinski definition) is 1. The minimum absolute atomic E-state index is 0.0510. The van der Waals surface area contributed by atoms with Crippen molar-refractivity contribution in [3.05, 3.63) is 40.8 Å². The number of aromatic carboxylic acids is 1. The van der Waals surface area contributed by atoms with Crippen LogP contribution in [-0.4, -0.2) is 20.8 Å². The van der Waals surface area contributed by atoms with E-state index >= 15 is 0 Å². The molecule has 0 saturated carbocycles. The highest BCUT2D eigenvalue weighted by molar-refractivity contribution is 7.89. The van der Waals surface area contributed by atoms with Gasteiger partial charge in [0.25, 0.3) is 0 Å². The van der Waals surface area contributed by atoms with E-state index in [4.69, 9.17) is 5.11 Å². The molecule has 0 bridgehead atoms. The first-order valence-corrected chi connectivity index (χ1v) is 5.51. The van der Waals surface area contributed by atoms with Crippen LogP contribution in [0.15, 0.2) is 29.7 Å². The summed E-state index contributed by atoms with van der Waals surface area (Å²) in [5, 5.41) is 9.13. The largest absolute Gasteiger partial charge is 0.478 e. The van der Waals surface area contributed by atoms with Gasteiger partial charge in [0.1, 0.15) is 0 Å². The van der Waals surface area contributed by atoms with Gasteiger partial charge in [0.2, 0.25) is 0 Å². The molecule has 1 aromatic carbocycles. The van der Waals surface area contributed by atoms with Crippen LogP contribution in [0.3, 0.4) is 0 Å². The fraction of sp³-hybridized carbons (Fsp3) is 0.100. The average molecular weight is 264 g/mol. The van der Waals surface area contributed by atoms with Crippen LogP contribution in [0, 0.1) is 0 Å². The molecule has 0 radical (unpaired) electrons. The number of carboxylic acid groups (broad SMARTS) is 1. The van der Waals surface area contributed by atoms with Gasteiger partial charge in [-0.05, 0) is 23.8 Å². The summed E-state index contributed by atoms with van der Waals surface area (Å²) < 4.78 is 46.4. The van der Waals surface area contributed by atoms with Crippen molar-refractivity contribution in [1.82, 2.24) is 0 Å². The summed E-state index contributed by atoms with van der Waals surface area (Å²) in [6, 6.07) is 5.29. The van der Waals surface area contributed by atoms with Crippen molar-refractivity contribution >= 4 is 22.8 Å². The van der Waals surface area contributed by atoms with Crippen LogP contribution in [-0.2, 0) is 10.8 Å². The van der Waals surface area contributed by atoms with E-state index in [1.54, 1.807) is 0 Å². The second-order valence-electron chi connectivity index (χ2n) is 2.98. The number of alkyl halides is 3. The third-order valence-electron chi connectivity index (χ3n) is 1.75. The van der Waals surface area contributed by atoms with Crippen LogP contribution in [0.4, 0.5) is 13.2 Å². The lowest BCUT2D eigenvalue weighted by atomic mass is 10.1. The second kappa shape index (κ2) is 5.13. The average Bonchev–Trinajstić information content (AvgIpc) is 2.25. The Morgan fingerprint density at radius 3 is 2.53 bits per heavy atom. The number of halogens is 3. The Morgan fingerprint density at radius 2 is 2.00 bits per heavy atom. The highest BCUT2D eigenvalue weighted by atomic mass is 32.2. The molecule has 1 unspecified atom stereocenters. The Labute approximate surface area is 97.0 Å². The molecule has 0 saturated heterocycles. The van der Waals surface area contributed by atoms with Crippen LogP contribution in [0.5, 0.6) is 0 Å². The van der Waals surface area contributed by atoms with E-state index in [-0.39, 0.29) is 11.1 Å². The summed E-state index contributed by atoms with van der Waals surface area (Å²) in [6.45, 7) is 0. The summed E-state index contributed by atoms with van der Waals surface area (Å²) in [6.07, 6.45) is 0.968. The van der Waals surface area contributed by atoms with Crippen LogP contribution in [0.1, 0.15) is 15.9 Å². The second-order valence-corrected chi connectivity index (χ2v) is 4.31. The minimum atomic E-state index is -4.80. The quantitative estimate of drug-likeness (QED) is 0.913. The molecule has 1 rings (SSSR count). The number of carboxylic acids is 1. The molecule has 1 atom stereocenters. The SMILES string of the molecule is O=C(O)c1cccc(/C=C/S(=O)C(F)(F)F)c1. The molecule has 92 valence electrons. The highest BCUT2D eigenvalue weighted by Crippen LogP contribution is 2.21. The van der Waals surface area contributed by atoms with Gasteiger partial charge < -0.3 is 5.11 Å².